The lowest BCUT2D eigenvalue weighted by Crippen LogP contribution is -2.24. The lowest BCUT2D eigenvalue weighted by Gasteiger charge is -2.24. The highest BCUT2D eigenvalue weighted by molar-refractivity contribution is 7.89. The Kier molecular flexibility index (Phi) is 5.26. The normalized spacial score (nSPS) is 12.2. The molecule has 1 rings (SSSR count). The first-order valence-electron chi connectivity index (χ1n) is 6.22. The number of benzene rings is 1. The molecule has 0 heterocycles. The zero-order valence-corrected chi connectivity index (χ0v) is 12.7. The second kappa shape index (κ2) is 6.37. The number of aliphatic hydroxyl groups excluding tert-OH is 1. The van der Waals surface area contributed by atoms with E-state index < -0.39 is 14.9 Å². The molecule has 21 heavy (non-hydrogen) atoms. The Morgan fingerprint density at radius 2 is 2.00 bits per heavy atom. The first-order valence-corrected chi connectivity index (χ1v) is 7.77. The second-order valence-corrected chi connectivity index (χ2v) is 7.07. The molecule has 0 aliphatic heterocycles. The number of anilines is 1. The number of sulfonamides is 1. The van der Waals surface area contributed by atoms with Crippen molar-refractivity contribution in [3.05, 3.63) is 28.3 Å². The van der Waals surface area contributed by atoms with E-state index in [0.29, 0.717) is 18.7 Å². The summed E-state index contributed by atoms with van der Waals surface area (Å²) >= 11 is 0. The van der Waals surface area contributed by atoms with E-state index in [1.807, 2.05) is 13.8 Å². The van der Waals surface area contributed by atoms with Gasteiger partial charge in [-0.15, -0.1) is 0 Å². The van der Waals surface area contributed by atoms with Crippen molar-refractivity contribution in [3.63, 3.8) is 0 Å². The average Bonchev–Trinajstić information content (AvgIpc) is 2.35. The summed E-state index contributed by atoms with van der Waals surface area (Å²) in [5.74, 6) is 0. The smallest absolute Gasteiger partial charge is 0.272 e. The Hall–Kier alpha value is -1.71. The van der Waals surface area contributed by atoms with Crippen molar-refractivity contribution in [2.75, 3.05) is 18.5 Å². The molecule has 0 unspecified atom stereocenters. The fourth-order valence-corrected chi connectivity index (χ4v) is 2.26. The third-order valence-electron chi connectivity index (χ3n) is 2.99. The zero-order valence-electron chi connectivity index (χ0n) is 11.9. The zero-order chi connectivity index (χ0) is 16.3. The monoisotopic (exact) mass is 317 g/mol. The molecule has 0 spiro atoms. The number of nitro groups is 1. The Morgan fingerprint density at radius 1 is 1.38 bits per heavy atom. The van der Waals surface area contributed by atoms with E-state index in [1.165, 1.54) is 12.1 Å². The van der Waals surface area contributed by atoms with Crippen molar-refractivity contribution in [3.8, 4) is 0 Å². The van der Waals surface area contributed by atoms with Gasteiger partial charge in [0.05, 0.1) is 9.82 Å². The van der Waals surface area contributed by atoms with E-state index in [0.717, 1.165) is 6.07 Å². The predicted octanol–water partition coefficient (Wildman–Crippen LogP) is 1.06. The predicted molar refractivity (Wildman–Crippen MR) is 78.4 cm³/mol. The van der Waals surface area contributed by atoms with Crippen LogP contribution in [0, 0.1) is 15.5 Å². The highest BCUT2D eigenvalue weighted by Crippen LogP contribution is 2.26. The largest absolute Gasteiger partial charge is 0.396 e. The summed E-state index contributed by atoms with van der Waals surface area (Å²) in [7, 11) is -4.03. The molecule has 0 saturated carbocycles. The SMILES string of the molecule is CC(C)(CCO)CNc1cc([N+](=O)[O-])cc(S(N)(=O)=O)c1. The van der Waals surface area contributed by atoms with Crippen LogP contribution in [-0.2, 0) is 10.0 Å². The number of aliphatic hydroxyl groups is 1. The van der Waals surface area contributed by atoms with Gasteiger partial charge >= 0.3 is 0 Å². The summed E-state index contributed by atoms with van der Waals surface area (Å²) in [5, 5.41) is 27.8. The van der Waals surface area contributed by atoms with Gasteiger partial charge in [0.2, 0.25) is 10.0 Å². The maximum absolute atomic E-state index is 11.4. The van der Waals surface area contributed by atoms with Crippen LogP contribution >= 0.6 is 0 Å². The van der Waals surface area contributed by atoms with Crippen molar-refractivity contribution < 1.29 is 18.4 Å². The molecule has 1 aromatic rings. The number of rotatable bonds is 7. The Balaban J connectivity index is 3.07. The lowest BCUT2D eigenvalue weighted by molar-refractivity contribution is -0.385. The van der Waals surface area contributed by atoms with Crippen molar-refractivity contribution >= 4 is 21.4 Å². The van der Waals surface area contributed by atoms with Gasteiger partial charge in [-0.2, -0.15) is 0 Å². The van der Waals surface area contributed by atoms with Crippen LogP contribution in [-0.4, -0.2) is 31.6 Å². The molecule has 0 aliphatic rings. The van der Waals surface area contributed by atoms with E-state index in [9.17, 15) is 18.5 Å². The summed E-state index contributed by atoms with van der Waals surface area (Å²) in [4.78, 5) is 9.84. The molecule has 0 bridgehead atoms. The molecular formula is C12H19N3O5S. The molecule has 4 N–H and O–H groups in total. The molecule has 0 amide bonds. The van der Waals surface area contributed by atoms with Crippen LogP contribution in [0.4, 0.5) is 11.4 Å². The van der Waals surface area contributed by atoms with Gasteiger partial charge in [0.25, 0.3) is 5.69 Å². The second-order valence-electron chi connectivity index (χ2n) is 5.51. The van der Waals surface area contributed by atoms with E-state index in [4.69, 9.17) is 10.2 Å². The Bertz CT molecular complexity index is 628. The molecule has 0 saturated heterocycles. The minimum absolute atomic E-state index is 0.0199. The van der Waals surface area contributed by atoms with Gasteiger partial charge < -0.3 is 10.4 Å². The first kappa shape index (κ1) is 17.3. The summed E-state index contributed by atoms with van der Waals surface area (Å²) in [6.07, 6.45) is 0.539. The van der Waals surface area contributed by atoms with Crippen molar-refractivity contribution in [1.82, 2.24) is 0 Å². The van der Waals surface area contributed by atoms with Gasteiger partial charge in [0.1, 0.15) is 0 Å². The minimum atomic E-state index is -4.03. The molecule has 8 nitrogen and oxygen atoms in total. The molecular weight excluding hydrogens is 298 g/mol. The molecule has 0 aromatic heterocycles. The van der Waals surface area contributed by atoms with Crippen LogP contribution in [0.5, 0.6) is 0 Å². The number of hydrogen-bond acceptors (Lipinski definition) is 6. The molecule has 0 aliphatic carbocycles. The van der Waals surface area contributed by atoms with Gasteiger partial charge in [0.15, 0.2) is 0 Å². The van der Waals surface area contributed by atoms with Crippen LogP contribution in [0.3, 0.4) is 0 Å². The molecule has 0 atom stereocenters. The van der Waals surface area contributed by atoms with Gasteiger partial charge in [-0.05, 0) is 17.9 Å². The highest BCUT2D eigenvalue weighted by Gasteiger charge is 2.19. The highest BCUT2D eigenvalue weighted by atomic mass is 32.2. The standard InChI is InChI=1S/C12H19N3O5S/c1-12(2,3-4-16)8-14-9-5-10(15(17)18)7-11(6-9)21(13,19)20/h5-7,14,16H,3-4,8H2,1-2H3,(H2,13,19,20). The van der Waals surface area contributed by atoms with E-state index >= 15 is 0 Å². The van der Waals surface area contributed by atoms with Crippen molar-refractivity contribution in [1.29, 1.82) is 0 Å². The number of hydrogen-bond donors (Lipinski definition) is 3. The maximum Gasteiger partial charge on any atom is 0.272 e. The minimum Gasteiger partial charge on any atom is -0.396 e. The van der Waals surface area contributed by atoms with Crippen LogP contribution in [0.1, 0.15) is 20.3 Å². The fourth-order valence-electron chi connectivity index (χ4n) is 1.69. The molecule has 0 radical (unpaired) electrons. The van der Waals surface area contributed by atoms with Gasteiger partial charge in [0, 0.05) is 31.0 Å². The van der Waals surface area contributed by atoms with E-state index in [-0.39, 0.29) is 22.6 Å². The maximum atomic E-state index is 11.4. The van der Waals surface area contributed by atoms with E-state index in [2.05, 4.69) is 5.32 Å². The molecule has 9 heteroatoms. The molecule has 1 aromatic carbocycles. The van der Waals surface area contributed by atoms with Gasteiger partial charge in [-0.25, -0.2) is 13.6 Å². The fraction of sp³-hybridized carbons (Fsp3) is 0.500. The summed E-state index contributed by atoms with van der Waals surface area (Å²) in [6, 6.07) is 3.40. The van der Waals surface area contributed by atoms with Crippen LogP contribution in [0.15, 0.2) is 23.1 Å². The van der Waals surface area contributed by atoms with Crippen LogP contribution in [0.2, 0.25) is 0 Å². The number of non-ortho nitro benzene ring substituents is 1. The average molecular weight is 317 g/mol. The quantitative estimate of drug-likeness (QED) is 0.508. The van der Waals surface area contributed by atoms with Crippen molar-refractivity contribution in [2.24, 2.45) is 10.6 Å². The number of nitrogens with one attached hydrogen (secondary N) is 1. The van der Waals surface area contributed by atoms with E-state index in [1.54, 1.807) is 0 Å². The number of primary sulfonamides is 1. The summed E-state index contributed by atoms with van der Waals surface area (Å²) < 4.78 is 22.7. The van der Waals surface area contributed by atoms with Gasteiger partial charge in [-0.1, -0.05) is 13.8 Å². The Morgan fingerprint density at radius 3 is 2.48 bits per heavy atom. The Labute approximate surface area is 123 Å². The van der Waals surface area contributed by atoms with Crippen LogP contribution in [0.25, 0.3) is 0 Å². The summed E-state index contributed by atoms with van der Waals surface area (Å²) in [5.41, 5.74) is -0.315. The number of nitrogens with two attached hydrogens (primary N) is 1. The topological polar surface area (TPSA) is 136 Å². The van der Waals surface area contributed by atoms with Crippen LogP contribution < -0.4 is 10.5 Å². The van der Waals surface area contributed by atoms with Gasteiger partial charge in [-0.3, -0.25) is 10.1 Å². The lowest BCUT2D eigenvalue weighted by atomic mass is 9.89. The van der Waals surface area contributed by atoms with Crippen molar-refractivity contribution in [2.45, 2.75) is 25.2 Å². The number of nitro benzene ring substituents is 1. The number of nitrogens with zero attached hydrogens (tertiary/aromatic N) is 1. The third-order valence-corrected chi connectivity index (χ3v) is 3.88. The first-order chi connectivity index (χ1) is 9.55. The third kappa shape index (κ3) is 5.29. The molecule has 0 fully saturated rings. The summed E-state index contributed by atoms with van der Waals surface area (Å²) in [6.45, 7) is 4.26. The molecule has 118 valence electrons.